The molecule has 0 aromatic rings. The van der Waals surface area contributed by atoms with Gasteiger partial charge in [-0.15, -0.1) is 0 Å². The predicted octanol–water partition coefficient (Wildman–Crippen LogP) is 7.51. The van der Waals surface area contributed by atoms with Gasteiger partial charge in [0.05, 0.1) is 40.4 Å². The summed E-state index contributed by atoms with van der Waals surface area (Å²) >= 11 is 0. The Hall–Kier alpha value is 0.0300. The third-order valence-electron chi connectivity index (χ3n) is 6.65. The molecule has 0 aliphatic carbocycles. The van der Waals surface area contributed by atoms with E-state index in [2.05, 4.69) is 28.1 Å². The van der Waals surface area contributed by atoms with Gasteiger partial charge in [0.15, 0.2) is 0 Å². The van der Waals surface area contributed by atoms with Gasteiger partial charge < -0.3 is 14.0 Å². The van der Waals surface area contributed by atoms with E-state index in [1.807, 2.05) is 0 Å². The molecule has 0 aromatic carbocycles. The summed E-state index contributed by atoms with van der Waals surface area (Å²) in [6, 6.07) is 0. The van der Waals surface area contributed by atoms with Crippen LogP contribution in [0.2, 0.25) is 0 Å². The average Bonchev–Trinajstić information content (AvgIpc) is 2.79. The van der Waals surface area contributed by atoms with Crippen LogP contribution in [0.3, 0.4) is 0 Å². The fourth-order valence-electron chi connectivity index (χ4n) is 4.30. The molecule has 0 rings (SSSR count). The molecule has 0 saturated carbocycles. The lowest BCUT2D eigenvalue weighted by atomic mass is 10.0. The van der Waals surface area contributed by atoms with Crippen molar-refractivity contribution in [1.82, 2.24) is 0 Å². The van der Waals surface area contributed by atoms with E-state index in [9.17, 15) is 4.21 Å². The summed E-state index contributed by atoms with van der Waals surface area (Å²) < 4.78 is 24.5. The van der Waals surface area contributed by atoms with Gasteiger partial charge in [-0.05, 0) is 12.8 Å². The highest BCUT2D eigenvalue weighted by atomic mass is 32.2. The Morgan fingerprint density at radius 2 is 1.15 bits per heavy atom. The van der Waals surface area contributed by atoms with Crippen molar-refractivity contribution in [3.8, 4) is 0 Å². The van der Waals surface area contributed by atoms with Gasteiger partial charge in [0.25, 0.3) is 0 Å². The molecule has 0 aliphatic rings. The number of methoxy groups -OCH3 is 1. The molecule has 0 amide bonds. The first-order chi connectivity index (χ1) is 16.4. The van der Waals surface area contributed by atoms with Crippen molar-refractivity contribution >= 4 is 10.8 Å². The number of unbranched alkanes of at least 4 members (excludes halogenated alkanes) is 15. The minimum atomic E-state index is -0.742. The minimum absolute atomic E-state index is 0.0726. The van der Waals surface area contributed by atoms with Crippen LogP contribution in [0.25, 0.3) is 0 Å². The first kappa shape index (κ1) is 34.0. The van der Waals surface area contributed by atoms with Crippen molar-refractivity contribution in [2.75, 3.05) is 59.5 Å². The van der Waals surface area contributed by atoms with Crippen LogP contribution in [0, 0.1) is 0 Å². The van der Waals surface area contributed by atoms with Crippen molar-refractivity contribution in [2.24, 2.45) is 0 Å². The van der Waals surface area contributed by atoms with Crippen LogP contribution in [0.15, 0.2) is 0 Å². The fourth-order valence-corrected chi connectivity index (χ4v) is 5.48. The molecule has 0 bridgehead atoms. The fraction of sp³-hybridized carbons (Fsp3) is 1.00. The Morgan fingerprint density at radius 1 is 0.676 bits per heavy atom. The van der Waals surface area contributed by atoms with Gasteiger partial charge in [0, 0.05) is 42.4 Å². The zero-order valence-corrected chi connectivity index (χ0v) is 24.7. The number of hydrogen-bond acceptors (Lipinski definition) is 3. The second kappa shape index (κ2) is 24.7. The molecule has 0 saturated heterocycles. The average molecular weight is 505 g/mol. The Balaban J connectivity index is 3.37. The van der Waals surface area contributed by atoms with E-state index in [-0.39, 0.29) is 6.10 Å². The smallest absolute Gasteiger partial charge is 0.0813 e. The molecular weight excluding hydrogens is 442 g/mol. The molecule has 206 valence electrons. The predicted molar refractivity (Wildman–Crippen MR) is 151 cm³/mol. The van der Waals surface area contributed by atoms with Crippen molar-refractivity contribution < 1.29 is 18.2 Å². The van der Waals surface area contributed by atoms with Gasteiger partial charge in [-0.3, -0.25) is 4.21 Å². The third-order valence-corrected chi connectivity index (χ3v) is 8.08. The first-order valence-corrected chi connectivity index (χ1v) is 16.1. The number of nitrogens with zero attached hydrogens (tertiary/aromatic N) is 1. The van der Waals surface area contributed by atoms with Crippen LogP contribution < -0.4 is 0 Å². The van der Waals surface area contributed by atoms with Crippen LogP contribution in [0.1, 0.15) is 122 Å². The van der Waals surface area contributed by atoms with Gasteiger partial charge in [-0.1, -0.05) is 103 Å². The highest BCUT2D eigenvalue weighted by molar-refractivity contribution is 7.84. The van der Waals surface area contributed by atoms with E-state index in [0.717, 1.165) is 48.4 Å². The first-order valence-electron chi connectivity index (χ1n) is 14.6. The van der Waals surface area contributed by atoms with E-state index in [0.29, 0.717) is 6.61 Å². The maximum Gasteiger partial charge on any atom is 0.0813 e. The summed E-state index contributed by atoms with van der Waals surface area (Å²) in [6.45, 7) is 4.82. The maximum absolute atomic E-state index is 12.2. The zero-order valence-electron chi connectivity index (χ0n) is 23.9. The number of ether oxygens (including phenoxy) is 2. The molecule has 0 spiro atoms. The third kappa shape index (κ3) is 26.6. The van der Waals surface area contributed by atoms with E-state index < -0.39 is 10.8 Å². The molecule has 5 heteroatoms. The molecule has 0 aromatic heterocycles. The summed E-state index contributed by atoms with van der Waals surface area (Å²) in [5.74, 6) is 1.52. The summed E-state index contributed by atoms with van der Waals surface area (Å²) in [7, 11) is 7.54. The van der Waals surface area contributed by atoms with E-state index in [1.54, 1.807) is 7.11 Å². The molecule has 2 atom stereocenters. The van der Waals surface area contributed by atoms with Gasteiger partial charge >= 0.3 is 0 Å². The Bertz CT molecular complexity index is 440. The number of hydrogen-bond donors (Lipinski definition) is 0. The SMILES string of the molecule is CCCCCCCCCCCCCCCCCCOCC(CCS(=O)CCC[N+](C)(C)C)OC. The van der Waals surface area contributed by atoms with Crippen molar-refractivity contribution in [3.63, 3.8) is 0 Å². The summed E-state index contributed by atoms with van der Waals surface area (Å²) in [4.78, 5) is 0. The Kier molecular flexibility index (Phi) is 24.7. The Morgan fingerprint density at radius 3 is 1.59 bits per heavy atom. The molecule has 0 radical (unpaired) electrons. The second-order valence-corrected chi connectivity index (χ2v) is 12.9. The standard InChI is InChI=1S/C29H62NO3S/c1-6-7-8-9-10-11-12-13-14-15-16-17-18-19-20-21-25-33-28-29(32-5)23-27-34(31)26-22-24-30(2,3)4/h29H,6-28H2,1-5H3/q+1. The van der Waals surface area contributed by atoms with Gasteiger partial charge in [0.2, 0.25) is 0 Å². The minimum Gasteiger partial charge on any atom is -0.379 e. The maximum atomic E-state index is 12.2. The normalized spacial score (nSPS) is 13.9. The lowest BCUT2D eigenvalue weighted by Crippen LogP contribution is -2.36. The molecule has 34 heavy (non-hydrogen) atoms. The molecule has 0 aliphatic heterocycles. The zero-order chi connectivity index (χ0) is 25.3. The van der Waals surface area contributed by atoms with Crippen LogP contribution in [-0.4, -0.2) is 74.3 Å². The largest absolute Gasteiger partial charge is 0.379 e. The van der Waals surface area contributed by atoms with Crippen molar-refractivity contribution in [2.45, 2.75) is 129 Å². The number of rotatable bonds is 27. The topological polar surface area (TPSA) is 35.5 Å². The highest BCUT2D eigenvalue weighted by Gasteiger charge is 2.12. The van der Waals surface area contributed by atoms with E-state index >= 15 is 0 Å². The van der Waals surface area contributed by atoms with Gasteiger partial charge in [-0.2, -0.15) is 0 Å². The van der Waals surface area contributed by atoms with Gasteiger partial charge in [0.1, 0.15) is 0 Å². The second-order valence-electron chi connectivity index (χ2n) is 11.2. The molecule has 0 heterocycles. The van der Waals surface area contributed by atoms with Crippen LogP contribution in [0.5, 0.6) is 0 Å². The number of quaternary nitrogens is 1. The van der Waals surface area contributed by atoms with Crippen LogP contribution in [-0.2, 0) is 20.3 Å². The van der Waals surface area contributed by atoms with E-state index in [4.69, 9.17) is 9.47 Å². The molecule has 0 N–H and O–H groups in total. The summed E-state index contributed by atoms with van der Waals surface area (Å²) in [5, 5.41) is 0. The lowest BCUT2D eigenvalue weighted by molar-refractivity contribution is -0.870. The van der Waals surface area contributed by atoms with Crippen molar-refractivity contribution in [3.05, 3.63) is 0 Å². The molecular formula is C29H62NO3S+. The Labute approximate surface area is 217 Å². The molecule has 2 unspecified atom stereocenters. The highest BCUT2D eigenvalue weighted by Crippen LogP contribution is 2.14. The van der Waals surface area contributed by atoms with Crippen LogP contribution in [0.4, 0.5) is 0 Å². The molecule has 0 fully saturated rings. The quantitative estimate of drug-likeness (QED) is 0.0857. The lowest BCUT2D eigenvalue weighted by Gasteiger charge is -2.23. The van der Waals surface area contributed by atoms with E-state index in [1.165, 1.54) is 96.3 Å². The van der Waals surface area contributed by atoms with Gasteiger partial charge in [-0.25, -0.2) is 0 Å². The monoisotopic (exact) mass is 504 g/mol. The van der Waals surface area contributed by atoms with Crippen molar-refractivity contribution in [1.29, 1.82) is 0 Å². The molecule has 4 nitrogen and oxygen atoms in total. The summed E-state index contributed by atoms with van der Waals surface area (Å²) in [5.41, 5.74) is 0. The summed E-state index contributed by atoms with van der Waals surface area (Å²) in [6.07, 6.45) is 24.2. The van der Waals surface area contributed by atoms with Crippen LogP contribution >= 0.6 is 0 Å².